The van der Waals surface area contributed by atoms with Crippen LogP contribution in [0.25, 0.3) is 0 Å². The highest BCUT2D eigenvalue weighted by atomic mass is 32.2. The van der Waals surface area contributed by atoms with Crippen LogP contribution in [-0.2, 0) is 19.1 Å². The van der Waals surface area contributed by atoms with Crippen molar-refractivity contribution in [2.75, 3.05) is 24.7 Å². The van der Waals surface area contributed by atoms with Crippen LogP contribution >= 0.6 is 23.5 Å². The maximum absolute atomic E-state index is 10.7. The maximum atomic E-state index is 10.7. The Labute approximate surface area is 104 Å². The van der Waals surface area contributed by atoms with E-state index in [1.165, 1.54) is 13.8 Å². The summed E-state index contributed by atoms with van der Waals surface area (Å²) in [6.45, 7) is 3.61. The molecule has 16 heavy (non-hydrogen) atoms. The predicted octanol–water partition coefficient (Wildman–Crippen LogP) is 1.33. The van der Waals surface area contributed by atoms with Crippen molar-refractivity contribution in [3.63, 3.8) is 0 Å². The lowest BCUT2D eigenvalue weighted by Crippen LogP contribution is -2.34. The van der Waals surface area contributed by atoms with Gasteiger partial charge in [0.05, 0.1) is 10.5 Å². The molecule has 0 spiro atoms. The fraction of sp³-hybridized carbons (Fsp3) is 0.800. The van der Waals surface area contributed by atoms with Gasteiger partial charge in [0.2, 0.25) is 0 Å². The normalized spacial score (nSPS) is 24.9. The zero-order valence-corrected chi connectivity index (χ0v) is 11.1. The van der Waals surface area contributed by atoms with Crippen LogP contribution in [0.5, 0.6) is 0 Å². The second kappa shape index (κ2) is 7.06. The van der Waals surface area contributed by atoms with Gasteiger partial charge in [0.25, 0.3) is 0 Å². The number of hydrogen-bond donors (Lipinski definition) is 0. The summed E-state index contributed by atoms with van der Waals surface area (Å²) in [6.07, 6.45) is 0. The highest BCUT2D eigenvalue weighted by Crippen LogP contribution is 2.31. The minimum Gasteiger partial charge on any atom is -0.465 e. The number of hydrogen-bond acceptors (Lipinski definition) is 6. The van der Waals surface area contributed by atoms with Crippen molar-refractivity contribution in [2.45, 2.75) is 24.3 Å². The molecule has 1 heterocycles. The van der Waals surface area contributed by atoms with E-state index in [0.29, 0.717) is 13.2 Å². The van der Waals surface area contributed by atoms with Gasteiger partial charge < -0.3 is 9.47 Å². The first-order chi connectivity index (χ1) is 7.59. The third-order valence-corrected chi connectivity index (χ3v) is 5.16. The Bertz CT molecular complexity index is 231. The minimum absolute atomic E-state index is 0.224. The maximum Gasteiger partial charge on any atom is 0.302 e. The Morgan fingerprint density at radius 2 is 1.38 bits per heavy atom. The lowest BCUT2D eigenvalue weighted by atomic mass is 10.3. The van der Waals surface area contributed by atoms with E-state index in [1.807, 2.05) is 0 Å². The molecule has 0 bridgehead atoms. The molecular weight excluding hydrogens is 248 g/mol. The first kappa shape index (κ1) is 13.7. The van der Waals surface area contributed by atoms with E-state index in [1.54, 1.807) is 23.5 Å². The smallest absolute Gasteiger partial charge is 0.302 e. The first-order valence-corrected chi connectivity index (χ1v) is 7.19. The van der Waals surface area contributed by atoms with Crippen molar-refractivity contribution >= 4 is 35.5 Å². The number of esters is 2. The molecule has 0 saturated carbocycles. The Balaban J connectivity index is 2.37. The summed E-state index contributed by atoms with van der Waals surface area (Å²) >= 11 is 3.55. The zero-order chi connectivity index (χ0) is 12.0. The molecule has 1 saturated heterocycles. The van der Waals surface area contributed by atoms with Crippen LogP contribution in [0.3, 0.4) is 0 Å². The van der Waals surface area contributed by atoms with Gasteiger partial charge in [0.15, 0.2) is 0 Å². The molecule has 0 aromatic heterocycles. The Kier molecular flexibility index (Phi) is 6.05. The van der Waals surface area contributed by atoms with Crippen molar-refractivity contribution < 1.29 is 19.1 Å². The van der Waals surface area contributed by atoms with E-state index in [4.69, 9.17) is 9.47 Å². The third kappa shape index (κ3) is 5.12. The molecule has 0 aromatic carbocycles. The average molecular weight is 264 g/mol. The first-order valence-electron chi connectivity index (χ1n) is 5.09. The molecule has 92 valence electrons. The standard InChI is InChI=1S/C10H16O4S2/c1-7(11)13-5-9-10(6-14-8(2)12)16-4-3-15-9/h9-10H,3-6H2,1-2H3/t9-,10+. The monoisotopic (exact) mass is 264 g/mol. The number of rotatable bonds is 4. The van der Waals surface area contributed by atoms with E-state index in [-0.39, 0.29) is 22.4 Å². The summed E-state index contributed by atoms with van der Waals surface area (Å²) in [5, 5.41) is 0.448. The van der Waals surface area contributed by atoms with Crippen molar-refractivity contribution in [3.8, 4) is 0 Å². The quantitative estimate of drug-likeness (QED) is 0.714. The molecule has 0 aromatic rings. The molecule has 0 amide bonds. The largest absolute Gasteiger partial charge is 0.465 e. The van der Waals surface area contributed by atoms with Gasteiger partial charge in [0, 0.05) is 25.4 Å². The number of carbonyl (C=O) groups is 2. The van der Waals surface area contributed by atoms with Crippen LogP contribution in [0.1, 0.15) is 13.8 Å². The summed E-state index contributed by atoms with van der Waals surface area (Å²) in [7, 11) is 0. The molecule has 0 aliphatic carbocycles. The molecule has 0 N–H and O–H groups in total. The van der Waals surface area contributed by atoms with Crippen molar-refractivity contribution in [3.05, 3.63) is 0 Å². The van der Waals surface area contributed by atoms with Gasteiger partial charge in [-0.3, -0.25) is 9.59 Å². The lowest BCUT2D eigenvalue weighted by Gasteiger charge is -2.29. The van der Waals surface area contributed by atoms with Crippen LogP contribution in [0.15, 0.2) is 0 Å². The molecule has 1 aliphatic heterocycles. The molecular formula is C10H16O4S2. The highest BCUT2D eigenvalue weighted by Gasteiger charge is 2.28. The number of carbonyl (C=O) groups excluding carboxylic acids is 2. The van der Waals surface area contributed by atoms with Gasteiger partial charge in [-0.2, -0.15) is 23.5 Å². The van der Waals surface area contributed by atoms with Crippen molar-refractivity contribution in [1.82, 2.24) is 0 Å². The van der Waals surface area contributed by atoms with Crippen molar-refractivity contribution in [1.29, 1.82) is 0 Å². The van der Waals surface area contributed by atoms with Crippen molar-refractivity contribution in [2.24, 2.45) is 0 Å². The summed E-state index contributed by atoms with van der Waals surface area (Å²) in [5.41, 5.74) is 0. The molecule has 4 nitrogen and oxygen atoms in total. The van der Waals surface area contributed by atoms with Gasteiger partial charge in [-0.05, 0) is 0 Å². The second-order valence-corrected chi connectivity index (χ2v) is 6.12. The average Bonchev–Trinajstić information content (AvgIpc) is 2.24. The van der Waals surface area contributed by atoms with Gasteiger partial charge in [0.1, 0.15) is 13.2 Å². The van der Waals surface area contributed by atoms with E-state index in [9.17, 15) is 9.59 Å². The molecule has 0 radical (unpaired) electrons. The second-order valence-electron chi connectivity index (χ2n) is 3.42. The van der Waals surface area contributed by atoms with E-state index in [0.717, 1.165) is 11.5 Å². The fourth-order valence-electron chi connectivity index (χ4n) is 1.32. The Morgan fingerprint density at radius 3 is 1.69 bits per heavy atom. The summed E-state index contributed by atoms with van der Waals surface area (Å²) in [6, 6.07) is 0. The van der Waals surface area contributed by atoms with Crippen LogP contribution in [0, 0.1) is 0 Å². The lowest BCUT2D eigenvalue weighted by molar-refractivity contribution is -0.143. The molecule has 1 fully saturated rings. The van der Waals surface area contributed by atoms with Gasteiger partial charge in [-0.15, -0.1) is 0 Å². The minimum atomic E-state index is -0.262. The van der Waals surface area contributed by atoms with Gasteiger partial charge in [-0.25, -0.2) is 0 Å². The van der Waals surface area contributed by atoms with Crippen LogP contribution < -0.4 is 0 Å². The Morgan fingerprint density at radius 1 is 1.00 bits per heavy atom. The summed E-state index contributed by atoms with van der Waals surface area (Å²) < 4.78 is 10.0. The molecule has 6 heteroatoms. The SMILES string of the molecule is CC(=O)OC[C@@H]1SCCS[C@@H]1COC(C)=O. The fourth-order valence-corrected chi connectivity index (χ4v) is 4.09. The van der Waals surface area contributed by atoms with Crippen LogP contribution in [0.4, 0.5) is 0 Å². The number of thioether (sulfide) groups is 2. The third-order valence-electron chi connectivity index (χ3n) is 2.06. The van der Waals surface area contributed by atoms with Crippen LogP contribution in [-0.4, -0.2) is 47.2 Å². The van der Waals surface area contributed by atoms with E-state index in [2.05, 4.69) is 0 Å². The highest BCUT2D eigenvalue weighted by molar-refractivity contribution is 8.07. The molecule has 0 unspecified atom stereocenters. The zero-order valence-electron chi connectivity index (χ0n) is 9.43. The molecule has 2 atom stereocenters. The number of ether oxygens (including phenoxy) is 2. The Hall–Kier alpha value is -0.360. The van der Waals surface area contributed by atoms with Crippen LogP contribution in [0.2, 0.25) is 0 Å². The molecule has 1 rings (SSSR count). The van der Waals surface area contributed by atoms with E-state index >= 15 is 0 Å². The topological polar surface area (TPSA) is 52.6 Å². The van der Waals surface area contributed by atoms with E-state index < -0.39 is 0 Å². The predicted molar refractivity (Wildman–Crippen MR) is 65.8 cm³/mol. The van der Waals surface area contributed by atoms with Gasteiger partial charge >= 0.3 is 11.9 Å². The molecule has 1 aliphatic rings. The van der Waals surface area contributed by atoms with Gasteiger partial charge in [-0.1, -0.05) is 0 Å². The summed E-state index contributed by atoms with van der Waals surface area (Å²) in [5.74, 6) is 1.57. The summed E-state index contributed by atoms with van der Waals surface area (Å²) in [4.78, 5) is 21.5.